The molecule has 0 fully saturated rings. The average molecular weight is 211 g/mol. The summed E-state index contributed by atoms with van der Waals surface area (Å²) in [5.41, 5.74) is 1.29. The molecule has 0 aliphatic heterocycles. The lowest BCUT2D eigenvalue weighted by atomic mass is 10.1. The molecule has 0 saturated carbocycles. The van der Waals surface area contributed by atoms with Gasteiger partial charge in [-0.05, 0) is 30.8 Å². The molecule has 1 aromatic rings. The van der Waals surface area contributed by atoms with E-state index in [1.165, 1.54) is 0 Å². The first-order valence-electron chi connectivity index (χ1n) is 4.20. The van der Waals surface area contributed by atoms with Gasteiger partial charge in [0, 0.05) is 5.02 Å². The van der Waals surface area contributed by atoms with Crippen molar-refractivity contribution in [3.05, 3.63) is 34.3 Å². The van der Waals surface area contributed by atoms with Crippen molar-refractivity contribution in [1.82, 2.24) is 5.32 Å². The molecule has 74 valence electrons. The number of likely N-dealkylation sites (N-methyl/N-ethyl adjacent to an activating group) is 1. The van der Waals surface area contributed by atoms with Gasteiger partial charge in [-0.3, -0.25) is 0 Å². The molecular weight excluding hydrogens is 200 g/mol. The van der Waals surface area contributed by atoms with E-state index in [-0.39, 0.29) is 12.6 Å². The van der Waals surface area contributed by atoms with Gasteiger partial charge >= 0.3 is 0 Å². The van der Waals surface area contributed by atoms with Crippen molar-refractivity contribution in [3.63, 3.8) is 0 Å². The summed E-state index contributed by atoms with van der Waals surface area (Å²) < 4.78 is 0. The SMILES string of the molecule is CN[C@H](CO)c1cc(C#N)ccc1Cl. The first-order chi connectivity index (χ1) is 6.72. The van der Waals surface area contributed by atoms with Crippen LogP contribution in [0, 0.1) is 11.3 Å². The standard InChI is InChI=1S/C10H11ClN2O/c1-13-10(6-14)8-4-7(5-12)2-3-9(8)11/h2-4,10,13-14H,6H2,1H3/t10-/m1/s1. The van der Waals surface area contributed by atoms with Crippen molar-refractivity contribution in [2.75, 3.05) is 13.7 Å². The topological polar surface area (TPSA) is 56.0 Å². The van der Waals surface area contributed by atoms with E-state index >= 15 is 0 Å². The van der Waals surface area contributed by atoms with Crippen molar-refractivity contribution in [2.45, 2.75) is 6.04 Å². The summed E-state index contributed by atoms with van der Waals surface area (Å²) in [7, 11) is 1.73. The quantitative estimate of drug-likeness (QED) is 0.795. The normalized spacial score (nSPS) is 12.1. The zero-order valence-corrected chi connectivity index (χ0v) is 8.54. The van der Waals surface area contributed by atoms with E-state index in [1.807, 2.05) is 6.07 Å². The number of benzene rings is 1. The largest absolute Gasteiger partial charge is 0.394 e. The third kappa shape index (κ3) is 2.24. The number of hydrogen-bond donors (Lipinski definition) is 2. The predicted octanol–water partition coefficient (Wildman–Crippen LogP) is 1.46. The van der Waals surface area contributed by atoms with Gasteiger partial charge in [-0.15, -0.1) is 0 Å². The van der Waals surface area contributed by atoms with Crippen molar-refractivity contribution >= 4 is 11.6 Å². The monoisotopic (exact) mass is 210 g/mol. The lowest BCUT2D eigenvalue weighted by Crippen LogP contribution is -2.20. The molecule has 4 heteroatoms. The molecule has 0 unspecified atom stereocenters. The van der Waals surface area contributed by atoms with Gasteiger partial charge in [0.15, 0.2) is 0 Å². The van der Waals surface area contributed by atoms with Gasteiger partial charge in [0.2, 0.25) is 0 Å². The van der Waals surface area contributed by atoms with Gasteiger partial charge in [0.25, 0.3) is 0 Å². The zero-order chi connectivity index (χ0) is 10.6. The Labute approximate surface area is 87.9 Å². The maximum atomic E-state index is 9.06. The number of rotatable bonds is 3. The molecular formula is C10H11ClN2O. The molecule has 1 aromatic carbocycles. The number of aliphatic hydroxyl groups excluding tert-OH is 1. The van der Waals surface area contributed by atoms with Crippen molar-refractivity contribution in [2.24, 2.45) is 0 Å². The molecule has 0 heterocycles. The molecule has 0 aliphatic carbocycles. The van der Waals surface area contributed by atoms with Crippen LogP contribution in [0.5, 0.6) is 0 Å². The maximum Gasteiger partial charge on any atom is 0.0991 e. The molecule has 0 amide bonds. The Morgan fingerprint density at radius 2 is 2.36 bits per heavy atom. The summed E-state index contributed by atoms with van der Waals surface area (Å²) in [6.07, 6.45) is 0. The van der Waals surface area contributed by atoms with Crippen LogP contribution in [0.15, 0.2) is 18.2 Å². The first kappa shape index (κ1) is 11.0. The van der Waals surface area contributed by atoms with Crippen LogP contribution in [0.2, 0.25) is 5.02 Å². The number of nitrogens with zero attached hydrogens (tertiary/aromatic N) is 1. The van der Waals surface area contributed by atoms with Crippen LogP contribution in [-0.4, -0.2) is 18.8 Å². The predicted molar refractivity (Wildman–Crippen MR) is 55.1 cm³/mol. The number of nitriles is 1. The van der Waals surface area contributed by atoms with Crippen molar-refractivity contribution in [1.29, 1.82) is 5.26 Å². The Kier molecular flexibility index (Phi) is 3.90. The second-order valence-corrected chi connectivity index (χ2v) is 3.28. The van der Waals surface area contributed by atoms with E-state index in [1.54, 1.807) is 25.2 Å². The number of halogens is 1. The summed E-state index contributed by atoms with van der Waals surface area (Å²) in [5, 5.41) is 21.2. The molecule has 14 heavy (non-hydrogen) atoms. The number of aliphatic hydroxyl groups is 1. The van der Waals surface area contributed by atoms with E-state index < -0.39 is 0 Å². The van der Waals surface area contributed by atoms with Gasteiger partial charge in [-0.2, -0.15) is 5.26 Å². The third-order valence-corrected chi connectivity index (χ3v) is 2.38. The lowest BCUT2D eigenvalue weighted by Gasteiger charge is -2.15. The van der Waals surface area contributed by atoms with Gasteiger partial charge in [-0.25, -0.2) is 0 Å². The molecule has 0 spiro atoms. The highest BCUT2D eigenvalue weighted by Crippen LogP contribution is 2.23. The average Bonchev–Trinajstić information content (AvgIpc) is 2.22. The van der Waals surface area contributed by atoms with Crippen LogP contribution in [0.4, 0.5) is 0 Å². The highest BCUT2D eigenvalue weighted by molar-refractivity contribution is 6.31. The number of nitrogens with one attached hydrogen (secondary N) is 1. The van der Waals surface area contributed by atoms with E-state index in [0.717, 1.165) is 5.56 Å². The minimum absolute atomic E-state index is 0.0505. The second kappa shape index (κ2) is 4.97. The molecule has 0 bridgehead atoms. The van der Waals surface area contributed by atoms with Crippen LogP contribution >= 0.6 is 11.6 Å². The van der Waals surface area contributed by atoms with E-state index in [4.69, 9.17) is 22.0 Å². The summed E-state index contributed by atoms with van der Waals surface area (Å²) >= 11 is 5.94. The van der Waals surface area contributed by atoms with E-state index in [0.29, 0.717) is 10.6 Å². The minimum atomic E-state index is -0.226. The molecule has 0 aromatic heterocycles. The third-order valence-electron chi connectivity index (χ3n) is 2.03. The van der Waals surface area contributed by atoms with Gasteiger partial charge in [-0.1, -0.05) is 11.6 Å². The van der Waals surface area contributed by atoms with Crippen LogP contribution in [0.25, 0.3) is 0 Å². The molecule has 2 N–H and O–H groups in total. The Balaban J connectivity index is 3.12. The Morgan fingerprint density at radius 3 is 2.86 bits per heavy atom. The van der Waals surface area contributed by atoms with Crippen LogP contribution in [0.1, 0.15) is 17.2 Å². The fourth-order valence-corrected chi connectivity index (χ4v) is 1.47. The zero-order valence-electron chi connectivity index (χ0n) is 7.79. The van der Waals surface area contributed by atoms with Crippen LogP contribution in [-0.2, 0) is 0 Å². The summed E-state index contributed by atoms with van der Waals surface area (Å²) in [5.74, 6) is 0. The second-order valence-electron chi connectivity index (χ2n) is 2.87. The van der Waals surface area contributed by atoms with Crippen molar-refractivity contribution in [3.8, 4) is 6.07 Å². The Bertz CT molecular complexity index is 356. The maximum absolute atomic E-state index is 9.06. The molecule has 3 nitrogen and oxygen atoms in total. The molecule has 0 aliphatic rings. The fraction of sp³-hybridized carbons (Fsp3) is 0.300. The molecule has 0 saturated heterocycles. The van der Waals surface area contributed by atoms with E-state index in [2.05, 4.69) is 5.32 Å². The highest BCUT2D eigenvalue weighted by atomic mass is 35.5. The van der Waals surface area contributed by atoms with Gasteiger partial charge in [0.1, 0.15) is 0 Å². The number of hydrogen-bond acceptors (Lipinski definition) is 3. The summed E-state index contributed by atoms with van der Waals surface area (Å²) in [6.45, 7) is -0.0505. The smallest absolute Gasteiger partial charge is 0.0991 e. The molecule has 1 atom stereocenters. The summed E-state index contributed by atoms with van der Waals surface area (Å²) in [4.78, 5) is 0. The van der Waals surface area contributed by atoms with Crippen LogP contribution < -0.4 is 5.32 Å². The Morgan fingerprint density at radius 1 is 1.64 bits per heavy atom. The Hall–Kier alpha value is -1.08. The van der Waals surface area contributed by atoms with Gasteiger partial charge in [0.05, 0.1) is 24.3 Å². The first-order valence-corrected chi connectivity index (χ1v) is 4.58. The fourth-order valence-electron chi connectivity index (χ4n) is 1.23. The van der Waals surface area contributed by atoms with Gasteiger partial charge < -0.3 is 10.4 Å². The van der Waals surface area contributed by atoms with E-state index in [9.17, 15) is 0 Å². The van der Waals surface area contributed by atoms with Crippen molar-refractivity contribution < 1.29 is 5.11 Å². The highest BCUT2D eigenvalue weighted by Gasteiger charge is 2.11. The molecule has 0 radical (unpaired) electrons. The minimum Gasteiger partial charge on any atom is -0.394 e. The lowest BCUT2D eigenvalue weighted by molar-refractivity contribution is 0.251. The molecule has 1 rings (SSSR count). The summed E-state index contributed by atoms with van der Waals surface area (Å²) in [6, 6.07) is 6.79. The van der Waals surface area contributed by atoms with Crippen LogP contribution in [0.3, 0.4) is 0 Å².